The number of hydrogen-bond acceptors (Lipinski definition) is 2. The lowest BCUT2D eigenvalue weighted by Crippen LogP contribution is -2.07. The second-order valence-corrected chi connectivity index (χ2v) is 5.00. The minimum absolute atomic E-state index is 0.118. The molecule has 0 aromatic heterocycles. The Bertz CT molecular complexity index is 185. The SMILES string of the molecule is CCCCCN[PH](=O)CCCC(=O)O. The lowest BCUT2D eigenvalue weighted by Gasteiger charge is -2.03. The molecule has 84 valence electrons. The molecule has 0 amide bonds. The van der Waals surface area contributed by atoms with Gasteiger partial charge in [-0.2, -0.15) is 0 Å². The Labute approximate surface area is 85.9 Å². The first-order valence-corrected chi connectivity index (χ1v) is 6.76. The smallest absolute Gasteiger partial charge is 0.303 e. The molecule has 0 spiro atoms. The van der Waals surface area contributed by atoms with Crippen LogP contribution < -0.4 is 5.09 Å². The van der Waals surface area contributed by atoms with Crippen LogP contribution in [0.2, 0.25) is 0 Å². The van der Waals surface area contributed by atoms with Crippen LogP contribution in [0.15, 0.2) is 0 Å². The number of carbonyl (C=O) groups is 1. The van der Waals surface area contributed by atoms with Crippen molar-refractivity contribution in [1.29, 1.82) is 0 Å². The molecule has 0 aliphatic heterocycles. The molecule has 0 aromatic rings. The van der Waals surface area contributed by atoms with Gasteiger partial charge in [0.05, 0.1) is 0 Å². The monoisotopic (exact) mass is 221 g/mol. The van der Waals surface area contributed by atoms with Gasteiger partial charge in [-0.3, -0.25) is 9.88 Å². The molecule has 5 heteroatoms. The normalized spacial score (nSPS) is 12.6. The van der Waals surface area contributed by atoms with Crippen LogP contribution in [-0.4, -0.2) is 23.8 Å². The van der Waals surface area contributed by atoms with E-state index in [4.69, 9.17) is 5.11 Å². The zero-order valence-electron chi connectivity index (χ0n) is 8.71. The lowest BCUT2D eigenvalue weighted by atomic mass is 10.3. The average molecular weight is 221 g/mol. The Kier molecular flexibility index (Phi) is 9.00. The molecule has 0 rings (SSSR count). The second kappa shape index (κ2) is 9.22. The van der Waals surface area contributed by atoms with Crippen molar-refractivity contribution in [2.45, 2.75) is 39.0 Å². The van der Waals surface area contributed by atoms with Crippen molar-refractivity contribution < 1.29 is 14.5 Å². The van der Waals surface area contributed by atoms with Crippen LogP contribution in [0.1, 0.15) is 39.0 Å². The summed E-state index contributed by atoms with van der Waals surface area (Å²) in [5, 5.41) is 11.3. The largest absolute Gasteiger partial charge is 0.481 e. The number of carboxylic acid groups (broad SMARTS) is 1. The molecule has 0 aliphatic rings. The molecule has 0 bridgehead atoms. The highest BCUT2D eigenvalue weighted by molar-refractivity contribution is 7.42. The Morgan fingerprint density at radius 1 is 1.36 bits per heavy atom. The summed E-state index contributed by atoms with van der Waals surface area (Å²) >= 11 is 0. The molecule has 1 unspecified atom stereocenters. The van der Waals surface area contributed by atoms with E-state index in [0.29, 0.717) is 12.6 Å². The molecule has 0 saturated heterocycles. The van der Waals surface area contributed by atoms with Gasteiger partial charge in [-0.15, -0.1) is 0 Å². The molecule has 2 N–H and O–H groups in total. The third kappa shape index (κ3) is 9.75. The van der Waals surface area contributed by atoms with Crippen molar-refractivity contribution in [2.24, 2.45) is 0 Å². The number of hydrogen-bond donors (Lipinski definition) is 2. The fourth-order valence-electron chi connectivity index (χ4n) is 1.09. The first kappa shape index (κ1) is 13.7. The van der Waals surface area contributed by atoms with Crippen molar-refractivity contribution in [1.82, 2.24) is 5.09 Å². The molecule has 0 heterocycles. The van der Waals surface area contributed by atoms with Crippen LogP contribution in [0.5, 0.6) is 0 Å². The Morgan fingerprint density at radius 3 is 2.64 bits per heavy atom. The van der Waals surface area contributed by atoms with Gasteiger partial charge in [-0.25, -0.2) is 0 Å². The highest BCUT2D eigenvalue weighted by Gasteiger charge is 2.01. The van der Waals surface area contributed by atoms with E-state index in [9.17, 15) is 9.36 Å². The Morgan fingerprint density at radius 2 is 2.07 bits per heavy atom. The summed E-state index contributed by atoms with van der Waals surface area (Å²) in [6.07, 6.45) is 4.48. The maximum atomic E-state index is 11.3. The molecule has 0 fully saturated rings. The van der Waals surface area contributed by atoms with E-state index in [0.717, 1.165) is 25.8 Å². The third-order valence-electron chi connectivity index (χ3n) is 1.90. The summed E-state index contributed by atoms with van der Waals surface area (Å²) < 4.78 is 11.3. The van der Waals surface area contributed by atoms with Gasteiger partial charge in [0.25, 0.3) is 0 Å². The molecule has 0 aromatic carbocycles. The summed E-state index contributed by atoms with van der Waals surface area (Å²) in [5.74, 6) is -0.814. The number of rotatable bonds is 9. The zero-order valence-corrected chi connectivity index (χ0v) is 9.71. The molecule has 0 radical (unpaired) electrons. The Balaban J connectivity index is 3.24. The first-order chi connectivity index (χ1) is 6.66. The summed E-state index contributed by atoms with van der Waals surface area (Å²) in [5.41, 5.74) is 0. The van der Waals surface area contributed by atoms with Gasteiger partial charge in [0, 0.05) is 19.1 Å². The standard InChI is InChI=1S/C9H20NO3P/c1-2-3-4-7-10-14(13)8-5-6-9(11)12/h14H,2-8H2,1H3,(H,10,13)(H,11,12). The molecule has 4 nitrogen and oxygen atoms in total. The van der Waals surface area contributed by atoms with Gasteiger partial charge in [-0.05, 0) is 12.8 Å². The first-order valence-electron chi connectivity index (χ1n) is 5.15. The topological polar surface area (TPSA) is 66.4 Å². The summed E-state index contributed by atoms with van der Waals surface area (Å²) in [6, 6.07) is 0. The minimum Gasteiger partial charge on any atom is -0.481 e. The predicted molar refractivity (Wildman–Crippen MR) is 58.3 cm³/mol. The summed E-state index contributed by atoms with van der Waals surface area (Å²) in [7, 11) is -1.73. The number of nitrogens with one attached hydrogen (secondary N) is 1. The molecular formula is C9H20NO3P. The van der Waals surface area contributed by atoms with Crippen LogP contribution in [0.3, 0.4) is 0 Å². The van der Waals surface area contributed by atoms with Crippen molar-refractivity contribution >= 4 is 13.9 Å². The Hall–Kier alpha value is -0.340. The van der Waals surface area contributed by atoms with E-state index >= 15 is 0 Å². The van der Waals surface area contributed by atoms with E-state index in [-0.39, 0.29) is 6.42 Å². The van der Waals surface area contributed by atoms with Crippen LogP contribution in [0, 0.1) is 0 Å². The van der Waals surface area contributed by atoms with Crippen LogP contribution in [0.25, 0.3) is 0 Å². The summed E-state index contributed by atoms with van der Waals surface area (Å²) in [4.78, 5) is 10.2. The van der Waals surface area contributed by atoms with Crippen molar-refractivity contribution in [2.75, 3.05) is 12.7 Å². The fourth-order valence-corrected chi connectivity index (χ4v) is 2.22. The number of unbranched alkanes of at least 4 members (excludes halogenated alkanes) is 2. The van der Waals surface area contributed by atoms with E-state index in [1.165, 1.54) is 0 Å². The van der Waals surface area contributed by atoms with Crippen LogP contribution >= 0.6 is 7.95 Å². The summed E-state index contributed by atoms with van der Waals surface area (Å²) in [6.45, 7) is 2.91. The molecule has 14 heavy (non-hydrogen) atoms. The van der Waals surface area contributed by atoms with Gasteiger partial charge >= 0.3 is 5.97 Å². The quantitative estimate of drug-likeness (QED) is 0.462. The van der Waals surface area contributed by atoms with E-state index in [2.05, 4.69) is 12.0 Å². The van der Waals surface area contributed by atoms with Gasteiger partial charge in [-0.1, -0.05) is 19.8 Å². The maximum Gasteiger partial charge on any atom is 0.303 e. The van der Waals surface area contributed by atoms with Crippen molar-refractivity contribution in [3.8, 4) is 0 Å². The highest BCUT2D eigenvalue weighted by Crippen LogP contribution is 2.16. The van der Waals surface area contributed by atoms with E-state index in [1.807, 2.05) is 0 Å². The molecule has 1 atom stereocenters. The van der Waals surface area contributed by atoms with Gasteiger partial charge < -0.3 is 9.67 Å². The maximum absolute atomic E-state index is 11.3. The van der Waals surface area contributed by atoms with E-state index < -0.39 is 13.9 Å². The van der Waals surface area contributed by atoms with Crippen LogP contribution in [-0.2, 0) is 9.36 Å². The minimum atomic E-state index is -1.73. The molecule has 0 aliphatic carbocycles. The van der Waals surface area contributed by atoms with Crippen molar-refractivity contribution in [3.05, 3.63) is 0 Å². The highest BCUT2D eigenvalue weighted by atomic mass is 31.1. The lowest BCUT2D eigenvalue weighted by molar-refractivity contribution is -0.137. The molecule has 0 saturated carbocycles. The van der Waals surface area contributed by atoms with Crippen molar-refractivity contribution in [3.63, 3.8) is 0 Å². The van der Waals surface area contributed by atoms with Gasteiger partial charge in [0.15, 0.2) is 0 Å². The molecular weight excluding hydrogens is 201 g/mol. The average Bonchev–Trinajstić information content (AvgIpc) is 2.12. The van der Waals surface area contributed by atoms with E-state index in [1.54, 1.807) is 0 Å². The third-order valence-corrected chi connectivity index (χ3v) is 3.35. The van der Waals surface area contributed by atoms with Gasteiger partial charge in [0.2, 0.25) is 0 Å². The predicted octanol–water partition coefficient (Wildman–Crippen LogP) is 2.11. The second-order valence-electron chi connectivity index (χ2n) is 3.30. The number of aliphatic carboxylic acids is 1. The number of carboxylic acids is 1. The fraction of sp³-hybridized carbons (Fsp3) is 0.889. The zero-order chi connectivity index (χ0) is 10.8. The van der Waals surface area contributed by atoms with Crippen LogP contribution in [0.4, 0.5) is 0 Å². The van der Waals surface area contributed by atoms with Gasteiger partial charge in [0.1, 0.15) is 7.95 Å².